The van der Waals surface area contributed by atoms with Crippen LogP contribution < -0.4 is 13.7 Å². The number of allylic oxidation sites excluding steroid dienone is 5. The van der Waals surface area contributed by atoms with Crippen molar-refractivity contribution >= 4 is 39.7 Å². The summed E-state index contributed by atoms with van der Waals surface area (Å²) in [6, 6.07) is 10.4. The van der Waals surface area contributed by atoms with Crippen LogP contribution in [0.2, 0.25) is 0 Å². The Morgan fingerprint density at radius 3 is 2.34 bits per heavy atom. The van der Waals surface area contributed by atoms with Crippen molar-refractivity contribution in [1.82, 2.24) is 0 Å². The maximum absolute atomic E-state index is 11.6. The Bertz CT molecular complexity index is 1280. The normalized spacial score (nSPS) is 17.5. The summed E-state index contributed by atoms with van der Waals surface area (Å²) in [5.41, 5.74) is 6.87. The first kappa shape index (κ1) is 26.6. The van der Waals surface area contributed by atoms with Crippen LogP contribution in [0.15, 0.2) is 70.8 Å². The lowest BCUT2D eigenvalue weighted by Gasteiger charge is -2.19. The molecule has 8 nitrogen and oxygen atoms in total. The molecule has 0 fully saturated rings. The summed E-state index contributed by atoms with van der Waals surface area (Å²) >= 11 is -5.19. The Morgan fingerprint density at radius 2 is 1.74 bits per heavy atom. The molecule has 0 aromatic heterocycles. The van der Waals surface area contributed by atoms with Crippen LogP contribution in [-0.4, -0.2) is 36.3 Å². The van der Waals surface area contributed by atoms with Gasteiger partial charge in [-0.2, -0.15) is 8.42 Å². The zero-order valence-corrected chi connectivity index (χ0v) is 21.5. The quantitative estimate of drug-likeness (QED) is 0.390. The van der Waals surface area contributed by atoms with Crippen molar-refractivity contribution in [3.8, 4) is 11.5 Å². The van der Waals surface area contributed by atoms with Crippen molar-refractivity contribution in [3.63, 3.8) is 0 Å². The van der Waals surface area contributed by atoms with Gasteiger partial charge in [-0.3, -0.25) is 14.1 Å². The summed E-state index contributed by atoms with van der Waals surface area (Å²) in [5, 5.41) is 3.33. The third-order valence-electron chi connectivity index (χ3n) is 5.25. The molecular formula is C25H28N2O6S2. The summed E-state index contributed by atoms with van der Waals surface area (Å²) in [4.78, 5) is 4.51. The number of nitrogens with zero attached hydrogens (tertiary/aromatic N) is 1. The second-order valence-electron chi connectivity index (χ2n) is 7.67. The molecule has 35 heavy (non-hydrogen) atoms. The molecule has 0 saturated carbocycles. The van der Waals surface area contributed by atoms with E-state index in [1.807, 2.05) is 64.1 Å². The van der Waals surface area contributed by atoms with Crippen LogP contribution in [0.5, 0.6) is 11.5 Å². The van der Waals surface area contributed by atoms with Crippen molar-refractivity contribution in [1.29, 1.82) is 0 Å². The number of aryl methyl sites for hydroxylation is 1. The fourth-order valence-electron chi connectivity index (χ4n) is 3.83. The molecule has 0 saturated heterocycles. The van der Waals surface area contributed by atoms with Gasteiger partial charge in [-0.15, -0.1) is 0 Å². The largest absolute Gasteiger partial charge is 0.385 e. The maximum Gasteiger partial charge on any atom is 0.357 e. The minimum atomic E-state index is -2.63. The summed E-state index contributed by atoms with van der Waals surface area (Å²) in [6.07, 6.45) is 5.88. The van der Waals surface area contributed by atoms with E-state index < -0.39 is 22.7 Å². The van der Waals surface area contributed by atoms with Crippen molar-refractivity contribution < 1.29 is 25.9 Å². The third-order valence-corrected chi connectivity index (χ3v) is 5.90. The average Bonchev–Trinajstić information content (AvgIpc) is 2.78. The molecule has 2 aromatic carbocycles. The monoisotopic (exact) mass is 516 g/mol. The Kier molecular flexibility index (Phi) is 9.16. The van der Waals surface area contributed by atoms with Gasteiger partial charge in [0.15, 0.2) is 5.75 Å². The molecule has 3 N–H and O–H groups in total. The molecule has 3 rings (SSSR count). The summed E-state index contributed by atoms with van der Waals surface area (Å²) in [7, 11) is 0. The van der Waals surface area contributed by atoms with Crippen LogP contribution in [0, 0.1) is 6.92 Å². The van der Waals surface area contributed by atoms with E-state index in [9.17, 15) is 13.0 Å². The van der Waals surface area contributed by atoms with Gasteiger partial charge in [0.05, 0.1) is 5.71 Å². The first-order chi connectivity index (χ1) is 16.7. The third kappa shape index (κ3) is 6.76. The molecule has 0 aliphatic heterocycles. The Morgan fingerprint density at radius 1 is 1.00 bits per heavy atom. The minimum absolute atomic E-state index is 0.0151. The van der Waals surface area contributed by atoms with Crippen LogP contribution in [0.3, 0.4) is 0 Å². The lowest BCUT2D eigenvalue weighted by Crippen LogP contribution is -2.07. The molecule has 186 valence electrons. The van der Waals surface area contributed by atoms with Gasteiger partial charge < -0.3 is 13.7 Å². The minimum Gasteiger partial charge on any atom is -0.385 e. The highest BCUT2D eigenvalue weighted by Crippen LogP contribution is 2.39. The second-order valence-corrected chi connectivity index (χ2v) is 8.87. The van der Waals surface area contributed by atoms with E-state index in [0.29, 0.717) is 12.1 Å². The van der Waals surface area contributed by atoms with Gasteiger partial charge >= 0.3 is 22.7 Å². The van der Waals surface area contributed by atoms with Crippen LogP contribution in [-0.2, 0) is 22.7 Å². The number of nitrogens with one attached hydrogen (secondary N) is 1. The topological polar surface area (TPSA) is 117 Å². The highest BCUT2D eigenvalue weighted by molar-refractivity contribution is 7.74. The number of aliphatic imine (C=N–C) groups is 1. The highest BCUT2D eigenvalue weighted by Gasteiger charge is 2.20. The smallest absolute Gasteiger partial charge is 0.357 e. The van der Waals surface area contributed by atoms with Gasteiger partial charge in [-0.05, 0) is 92.0 Å². The van der Waals surface area contributed by atoms with E-state index in [1.165, 1.54) is 12.1 Å². The molecule has 2 atom stereocenters. The molecule has 1 aliphatic rings. The first-order valence-electron chi connectivity index (χ1n) is 11.0. The lowest BCUT2D eigenvalue weighted by molar-refractivity contribution is 0.449. The number of benzene rings is 2. The maximum atomic E-state index is 11.6. The molecule has 0 radical (unpaired) electrons. The van der Waals surface area contributed by atoms with Gasteiger partial charge in [-0.1, -0.05) is 12.1 Å². The molecule has 2 unspecified atom stereocenters. The Balaban J connectivity index is 2.29. The zero-order chi connectivity index (χ0) is 25.5. The standard InChI is InChI=1S/C25H28N2O6S2/c1-5-26-22-11-7-18(13-16(22)3)25(19-8-12-23(27-6-2)17(4)14-19)21-10-9-20(32-34(28)29)15-24(21)33-35(30)31/h7-15,26H,5-6H2,1-4H3,(H,28,29)(H,30,31)/b25-19-,27-23?. The Hall–Kier alpha value is -3.05. The van der Waals surface area contributed by atoms with E-state index in [2.05, 4.69) is 10.3 Å². The van der Waals surface area contributed by atoms with Crippen molar-refractivity contribution in [2.75, 3.05) is 18.4 Å². The molecule has 0 amide bonds. The molecule has 0 spiro atoms. The number of hydrogen-bond donors (Lipinski definition) is 3. The van der Waals surface area contributed by atoms with E-state index in [0.717, 1.165) is 45.8 Å². The highest BCUT2D eigenvalue weighted by atomic mass is 32.2. The van der Waals surface area contributed by atoms with Crippen molar-refractivity contribution in [2.24, 2.45) is 4.99 Å². The van der Waals surface area contributed by atoms with Crippen molar-refractivity contribution in [2.45, 2.75) is 27.7 Å². The van der Waals surface area contributed by atoms with Crippen LogP contribution in [0.4, 0.5) is 5.69 Å². The predicted molar refractivity (Wildman–Crippen MR) is 141 cm³/mol. The first-order valence-corrected chi connectivity index (χ1v) is 13.0. The molecular weight excluding hydrogens is 488 g/mol. The van der Waals surface area contributed by atoms with Gasteiger partial charge in [0.25, 0.3) is 0 Å². The SMILES string of the molecule is CCN=C1C=C/C(=C(\c2ccc(NCC)c(C)c2)c2ccc(OS(=O)O)cc2OS(=O)O)C=C1C. The summed E-state index contributed by atoms with van der Waals surface area (Å²) < 4.78 is 51.3. The van der Waals surface area contributed by atoms with E-state index in [4.69, 9.17) is 12.9 Å². The fraction of sp³-hybridized carbons (Fsp3) is 0.240. The molecule has 1 aliphatic carbocycles. The summed E-state index contributed by atoms with van der Waals surface area (Å²) in [5.74, 6) is 0.0403. The molecule has 0 bridgehead atoms. The van der Waals surface area contributed by atoms with E-state index >= 15 is 0 Å². The average molecular weight is 517 g/mol. The van der Waals surface area contributed by atoms with Crippen LogP contribution >= 0.6 is 0 Å². The zero-order valence-electron chi connectivity index (χ0n) is 19.9. The van der Waals surface area contributed by atoms with Crippen LogP contribution in [0.25, 0.3) is 5.57 Å². The predicted octanol–water partition coefficient (Wildman–Crippen LogP) is 5.24. The van der Waals surface area contributed by atoms with Gasteiger partial charge in [-0.25, -0.2) is 0 Å². The van der Waals surface area contributed by atoms with E-state index in [1.54, 1.807) is 6.07 Å². The van der Waals surface area contributed by atoms with Crippen molar-refractivity contribution in [3.05, 3.63) is 82.5 Å². The van der Waals surface area contributed by atoms with Gasteiger partial charge in [0.1, 0.15) is 5.75 Å². The number of rotatable bonds is 9. The number of hydrogen-bond acceptors (Lipinski definition) is 6. The Labute approximate surface area is 210 Å². The molecule has 0 heterocycles. The fourth-order valence-corrected chi connectivity index (χ4v) is 4.39. The van der Waals surface area contributed by atoms with Gasteiger partial charge in [0.2, 0.25) is 0 Å². The van der Waals surface area contributed by atoms with Gasteiger partial charge in [0, 0.05) is 30.4 Å². The number of anilines is 1. The van der Waals surface area contributed by atoms with Crippen LogP contribution in [0.1, 0.15) is 37.5 Å². The second kappa shape index (κ2) is 12.1. The molecule has 2 aromatic rings. The summed E-state index contributed by atoms with van der Waals surface area (Å²) in [6.45, 7) is 9.42. The van der Waals surface area contributed by atoms with E-state index in [-0.39, 0.29) is 11.5 Å². The lowest BCUT2D eigenvalue weighted by atomic mass is 9.88. The molecule has 10 heteroatoms.